The summed E-state index contributed by atoms with van der Waals surface area (Å²) in [5, 5.41) is 0.668. The van der Waals surface area contributed by atoms with Gasteiger partial charge in [-0.05, 0) is 57.7 Å². The van der Waals surface area contributed by atoms with Crippen LogP contribution >= 0.6 is 11.6 Å². The highest BCUT2D eigenvalue weighted by atomic mass is 35.5. The minimum Gasteiger partial charge on any atom is -0.444 e. The number of ether oxygens (including phenoxy) is 1. The number of likely N-dealkylation sites (N-methyl/N-ethyl adjacent to an activating group) is 1. The zero-order chi connectivity index (χ0) is 18.6. The summed E-state index contributed by atoms with van der Waals surface area (Å²) in [7, 11) is 1.76. The second kappa shape index (κ2) is 8.09. The lowest BCUT2D eigenvalue weighted by Gasteiger charge is -2.37. The van der Waals surface area contributed by atoms with Gasteiger partial charge in [-0.2, -0.15) is 0 Å². The fraction of sp³-hybridized carbons (Fsp3) is 0.579. The first-order chi connectivity index (χ1) is 11.7. The van der Waals surface area contributed by atoms with Gasteiger partial charge in [0.2, 0.25) is 5.91 Å². The lowest BCUT2D eigenvalue weighted by Crippen LogP contribution is -2.53. The van der Waals surface area contributed by atoms with Crippen LogP contribution in [0.1, 0.15) is 45.6 Å². The molecule has 1 aromatic carbocycles. The van der Waals surface area contributed by atoms with Crippen LogP contribution in [0, 0.1) is 0 Å². The van der Waals surface area contributed by atoms with Crippen LogP contribution in [0.25, 0.3) is 0 Å². The summed E-state index contributed by atoms with van der Waals surface area (Å²) >= 11 is 5.90. The van der Waals surface area contributed by atoms with E-state index < -0.39 is 17.7 Å². The maximum Gasteiger partial charge on any atom is 0.410 e. The molecule has 0 spiro atoms. The molecule has 1 fully saturated rings. The minimum absolute atomic E-state index is 0.0551. The number of halogens is 1. The summed E-state index contributed by atoms with van der Waals surface area (Å²) in [5.74, 6) is -0.0551. The molecule has 5 nitrogen and oxygen atoms in total. The molecule has 2 amide bonds. The van der Waals surface area contributed by atoms with E-state index in [1.807, 2.05) is 45.0 Å². The number of nitrogens with zero attached hydrogens (tertiary/aromatic N) is 2. The summed E-state index contributed by atoms with van der Waals surface area (Å²) in [6.45, 7) is 6.53. The number of rotatable bonds is 3. The maximum absolute atomic E-state index is 12.9. The molecule has 0 unspecified atom stereocenters. The number of hydrogen-bond acceptors (Lipinski definition) is 3. The molecule has 0 aromatic heterocycles. The Bertz CT molecular complexity index is 610. The highest BCUT2D eigenvalue weighted by Gasteiger charge is 2.36. The summed E-state index contributed by atoms with van der Waals surface area (Å²) in [6, 6.07) is 6.96. The second-order valence-electron chi connectivity index (χ2n) is 7.51. The van der Waals surface area contributed by atoms with Gasteiger partial charge in [-0.1, -0.05) is 23.7 Å². The van der Waals surface area contributed by atoms with E-state index in [4.69, 9.17) is 16.3 Å². The van der Waals surface area contributed by atoms with Crippen LogP contribution in [0.5, 0.6) is 0 Å². The Hall–Kier alpha value is -1.75. The third-order valence-electron chi connectivity index (χ3n) is 4.13. The Balaban J connectivity index is 2.05. The highest BCUT2D eigenvalue weighted by molar-refractivity contribution is 6.30. The molecule has 1 atom stereocenters. The number of piperidine rings is 1. The van der Waals surface area contributed by atoms with Gasteiger partial charge in [-0.15, -0.1) is 0 Å². The van der Waals surface area contributed by atoms with Crippen molar-refractivity contribution in [3.8, 4) is 0 Å². The highest BCUT2D eigenvalue weighted by Crippen LogP contribution is 2.22. The molecule has 6 heteroatoms. The average Bonchev–Trinajstić information content (AvgIpc) is 2.54. The predicted molar refractivity (Wildman–Crippen MR) is 98.5 cm³/mol. The molecular formula is C19H27ClN2O3. The van der Waals surface area contributed by atoms with Crippen molar-refractivity contribution >= 4 is 23.6 Å². The van der Waals surface area contributed by atoms with Gasteiger partial charge in [0.15, 0.2) is 0 Å². The van der Waals surface area contributed by atoms with E-state index in [1.54, 1.807) is 16.8 Å². The van der Waals surface area contributed by atoms with Gasteiger partial charge in [0, 0.05) is 25.2 Å². The van der Waals surface area contributed by atoms with Crippen molar-refractivity contribution in [1.82, 2.24) is 9.80 Å². The maximum atomic E-state index is 12.9. The van der Waals surface area contributed by atoms with Crippen LogP contribution in [0.2, 0.25) is 5.02 Å². The van der Waals surface area contributed by atoms with E-state index in [-0.39, 0.29) is 5.91 Å². The Morgan fingerprint density at radius 2 is 1.88 bits per heavy atom. The van der Waals surface area contributed by atoms with Crippen molar-refractivity contribution in [2.45, 2.75) is 58.2 Å². The zero-order valence-electron chi connectivity index (χ0n) is 15.4. The first-order valence-electron chi connectivity index (χ1n) is 8.66. The fourth-order valence-electron chi connectivity index (χ4n) is 2.92. The zero-order valence-corrected chi connectivity index (χ0v) is 16.2. The lowest BCUT2D eigenvalue weighted by atomic mass is 10.0. The molecule has 0 bridgehead atoms. The molecule has 1 aliphatic heterocycles. The molecule has 138 valence electrons. The fourth-order valence-corrected chi connectivity index (χ4v) is 3.05. The van der Waals surface area contributed by atoms with Gasteiger partial charge in [-0.3, -0.25) is 9.69 Å². The summed E-state index contributed by atoms with van der Waals surface area (Å²) in [6.07, 6.45) is 2.09. The van der Waals surface area contributed by atoms with E-state index in [9.17, 15) is 9.59 Å². The quantitative estimate of drug-likeness (QED) is 0.809. The molecule has 1 saturated heterocycles. The van der Waals surface area contributed by atoms with Crippen LogP contribution in [0.3, 0.4) is 0 Å². The van der Waals surface area contributed by atoms with E-state index >= 15 is 0 Å². The van der Waals surface area contributed by atoms with Crippen molar-refractivity contribution < 1.29 is 14.3 Å². The molecule has 0 radical (unpaired) electrons. The van der Waals surface area contributed by atoms with Crippen LogP contribution in [0.15, 0.2) is 24.3 Å². The second-order valence-corrected chi connectivity index (χ2v) is 7.94. The van der Waals surface area contributed by atoms with E-state index in [2.05, 4.69) is 0 Å². The van der Waals surface area contributed by atoms with Gasteiger partial charge in [0.05, 0.1) is 0 Å². The molecule has 25 heavy (non-hydrogen) atoms. The van der Waals surface area contributed by atoms with Crippen molar-refractivity contribution in [2.75, 3.05) is 13.6 Å². The van der Waals surface area contributed by atoms with Crippen LogP contribution in [-0.2, 0) is 16.1 Å². The van der Waals surface area contributed by atoms with Gasteiger partial charge in [-0.25, -0.2) is 4.79 Å². The summed E-state index contributed by atoms with van der Waals surface area (Å²) in [5.41, 5.74) is 0.428. The number of benzene rings is 1. The van der Waals surface area contributed by atoms with Crippen LogP contribution in [-0.4, -0.2) is 47.0 Å². The predicted octanol–water partition coefficient (Wildman–Crippen LogP) is 4.09. The molecule has 1 heterocycles. The normalized spacial score (nSPS) is 18.0. The monoisotopic (exact) mass is 366 g/mol. The van der Waals surface area contributed by atoms with E-state index in [1.165, 1.54) is 0 Å². The van der Waals surface area contributed by atoms with Gasteiger partial charge < -0.3 is 9.64 Å². The third-order valence-corrected chi connectivity index (χ3v) is 4.38. The molecule has 0 saturated carbocycles. The Labute approximate surface area is 154 Å². The van der Waals surface area contributed by atoms with E-state index in [0.29, 0.717) is 24.5 Å². The molecule has 2 rings (SSSR count). The van der Waals surface area contributed by atoms with Crippen molar-refractivity contribution in [1.29, 1.82) is 0 Å². The van der Waals surface area contributed by atoms with Gasteiger partial charge in [0.1, 0.15) is 11.6 Å². The Kier molecular flexibility index (Phi) is 6.33. The van der Waals surface area contributed by atoms with Gasteiger partial charge >= 0.3 is 6.09 Å². The Morgan fingerprint density at radius 3 is 2.48 bits per heavy atom. The lowest BCUT2D eigenvalue weighted by molar-refractivity contribution is -0.137. The molecule has 1 aromatic rings. The van der Waals surface area contributed by atoms with Crippen LogP contribution < -0.4 is 0 Å². The topological polar surface area (TPSA) is 49.9 Å². The van der Waals surface area contributed by atoms with Crippen molar-refractivity contribution in [3.05, 3.63) is 34.9 Å². The number of carbonyl (C=O) groups excluding carboxylic acids is 2. The molecular weight excluding hydrogens is 340 g/mol. The standard InChI is InChI=1S/C19H27ClN2O3/c1-19(2,3)25-18(24)22-12-6-5-7-16(22)17(23)21(4)13-14-8-10-15(20)11-9-14/h8-11,16H,5-7,12-13H2,1-4H3/t16-/m0/s1. The first kappa shape index (κ1) is 19.6. The number of likely N-dealkylation sites (tertiary alicyclic amines) is 1. The average molecular weight is 367 g/mol. The molecule has 0 N–H and O–H groups in total. The number of carbonyl (C=O) groups is 2. The summed E-state index contributed by atoms with van der Waals surface area (Å²) in [4.78, 5) is 28.6. The first-order valence-corrected chi connectivity index (χ1v) is 9.04. The minimum atomic E-state index is -0.572. The third kappa shape index (κ3) is 5.63. The van der Waals surface area contributed by atoms with Gasteiger partial charge in [0.25, 0.3) is 0 Å². The Morgan fingerprint density at radius 1 is 1.24 bits per heavy atom. The SMILES string of the molecule is CN(Cc1ccc(Cl)cc1)C(=O)[C@@H]1CCCCN1C(=O)OC(C)(C)C. The number of hydrogen-bond donors (Lipinski definition) is 0. The number of amides is 2. The molecule has 0 aliphatic carbocycles. The van der Waals surface area contributed by atoms with Crippen molar-refractivity contribution in [2.24, 2.45) is 0 Å². The smallest absolute Gasteiger partial charge is 0.410 e. The summed E-state index contributed by atoms with van der Waals surface area (Å²) < 4.78 is 5.47. The van der Waals surface area contributed by atoms with E-state index in [0.717, 1.165) is 18.4 Å². The van der Waals surface area contributed by atoms with Crippen LogP contribution in [0.4, 0.5) is 4.79 Å². The van der Waals surface area contributed by atoms with Crippen molar-refractivity contribution in [3.63, 3.8) is 0 Å². The molecule has 1 aliphatic rings. The largest absolute Gasteiger partial charge is 0.444 e.